The third kappa shape index (κ3) is 12.9. The van der Waals surface area contributed by atoms with E-state index in [0.717, 1.165) is 11.4 Å². The van der Waals surface area contributed by atoms with Crippen molar-refractivity contribution >= 4 is 40.8 Å². The second-order valence-corrected chi connectivity index (χ2v) is 10.8. The van der Waals surface area contributed by atoms with Crippen LogP contribution in [0.4, 0.5) is 0 Å². The molecule has 0 N–H and O–H groups in total. The quantitative estimate of drug-likeness (QED) is 0.412. The minimum Gasteiger partial charge on any atom is -0.466 e. The van der Waals surface area contributed by atoms with Crippen LogP contribution in [0.25, 0.3) is 0 Å². The highest BCUT2D eigenvalue weighted by molar-refractivity contribution is 8.68. The Kier molecular flexibility index (Phi) is 16.8. The second-order valence-electron chi connectivity index (χ2n) is 4.17. The minimum atomic E-state index is -2.65. The van der Waals surface area contributed by atoms with Gasteiger partial charge in [-0.2, -0.15) is 0 Å². The van der Waals surface area contributed by atoms with E-state index < -0.39 is 22.9 Å². The van der Waals surface area contributed by atoms with Crippen molar-refractivity contribution in [3.05, 3.63) is 0 Å². The Labute approximate surface area is 148 Å². The highest BCUT2D eigenvalue weighted by atomic mass is 32.9. The molecule has 0 heterocycles. The van der Waals surface area contributed by atoms with Crippen LogP contribution in [0.15, 0.2) is 0 Å². The summed E-state index contributed by atoms with van der Waals surface area (Å²) in [4.78, 5) is 23.3. The number of rotatable bonds is 10. The third-order valence-corrected chi connectivity index (χ3v) is 8.28. The number of hydrogen-bond acceptors (Lipinski definition) is 8. The molecule has 0 aromatic carbocycles. The van der Waals surface area contributed by atoms with Gasteiger partial charge in [-0.1, -0.05) is 38.1 Å². The Morgan fingerprint density at radius 2 is 1.48 bits per heavy atom. The molecule has 0 aliphatic carbocycles. The first-order valence-corrected chi connectivity index (χ1v) is 11.7. The Hall–Kier alpha value is -0.140. The summed E-state index contributed by atoms with van der Waals surface area (Å²) in [5.41, 5.74) is -2.65. The zero-order valence-corrected chi connectivity index (χ0v) is 17.4. The Morgan fingerprint density at radius 1 is 1.00 bits per heavy atom. The van der Waals surface area contributed by atoms with Crippen molar-refractivity contribution in [1.29, 1.82) is 0 Å². The number of ether oxygens (including phenoxy) is 2. The molecule has 0 radical (unpaired) electrons. The van der Waals surface area contributed by atoms with Gasteiger partial charge in [-0.3, -0.25) is 9.59 Å². The van der Waals surface area contributed by atoms with Crippen molar-refractivity contribution in [2.45, 2.75) is 52.2 Å². The fourth-order valence-corrected chi connectivity index (χ4v) is 4.95. The third-order valence-electron chi connectivity index (χ3n) is 2.41. The molecule has 0 bridgehead atoms. The van der Waals surface area contributed by atoms with Crippen molar-refractivity contribution in [2.75, 3.05) is 27.4 Å². The molecule has 0 spiro atoms. The van der Waals surface area contributed by atoms with E-state index in [1.54, 1.807) is 13.8 Å². The van der Waals surface area contributed by atoms with E-state index in [-0.39, 0.29) is 19.6 Å². The van der Waals surface area contributed by atoms with Crippen LogP contribution < -0.4 is 0 Å². The highest BCUT2D eigenvalue weighted by Crippen LogP contribution is 2.62. The monoisotopic (exact) mass is 388 g/mol. The number of hydrogen-bond donors (Lipinski definition) is 0. The molecule has 0 saturated heterocycles. The van der Waals surface area contributed by atoms with Gasteiger partial charge in [0, 0.05) is 14.2 Å². The zero-order valence-electron chi connectivity index (χ0n) is 14.8. The van der Waals surface area contributed by atoms with E-state index in [2.05, 4.69) is 13.8 Å². The summed E-state index contributed by atoms with van der Waals surface area (Å²) in [6.07, 6.45) is 2.52. The van der Waals surface area contributed by atoms with Gasteiger partial charge in [-0.05, 0) is 25.7 Å². The van der Waals surface area contributed by atoms with Crippen molar-refractivity contribution in [1.82, 2.24) is 0 Å². The Morgan fingerprint density at radius 3 is 1.83 bits per heavy atom. The van der Waals surface area contributed by atoms with Gasteiger partial charge in [0.2, 0.25) is 5.69 Å². The van der Waals surface area contributed by atoms with E-state index in [0.29, 0.717) is 0 Å². The first-order valence-electron chi connectivity index (χ1n) is 7.56. The number of esters is 2. The summed E-state index contributed by atoms with van der Waals surface area (Å²) in [7, 11) is 2.81. The number of carbonyl (C=O) groups is 2. The first-order chi connectivity index (χ1) is 10.8. The molecule has 0 aromatic rings. The lowest BCUT2D eigenvalue weighted by Gasteiger charge is -2.21. The van der Waals surface area contributed by atoms with Crippen molar-refractivity contribution < 1.29 is 28.1 Å². The maximum Gasteiger partial charge on any atom is 0.320 e. The maximum absolute atomic E-state index is 11.8. The molecule has 9 heteroatoms. The van der Waals surface area contributed by atoms with E-state index in [1.807, 2.05) is 0 Å². The number of unbranched alkanes of at least 4 members (excludes halogenated alkanes) is 1. The maximum atomic E-state index is 11.8. The molecule has 6 nitrogen and oxygen atoms in total. The molecule has 0 aromatic heterocycles. The number of carbonyl (C=O) groups excluding carboxylic acids is 2. The lowest BCUT2D eigenvalue weighted by Crippen LogP contribution is -2.24. The van der Waals surface area contributed by atoms with Crippen LogP contribution in [-0.4, -0.2) is 44.6 Å². The zero-order chi connectivity index (χ0) is 18.3. The summed E-state index contributed by atoms with van der Waals surface area (Å²) in [5, 5.41) is -0.787. The summed E-state index contributed by atoms with van der Waals surface area (Å²) < 4.78 is 19.9. The van der Waals surface area contributed by atoms with E-state index in [1.165, 1.54) is 27.1 Å². The minimum absolute atomic E-state index is 0.123. The van der Waals surface area contributed by atoms with E-state index in [9.17, 15) is 9.59 Å². The summed E-state index contributed by atoms with van der Waals surface area (Å²) in [5.74, 6) is -1.01. The van der Waals surface area contributed by atoms with Gasteiger partial charge < -0.3 is 18.5 Å². The van der Waals surface area contributed by atoms with Gasteiger partial charge in [0.05, 0.1) is 19.6 Å². The molecule has 1 unspecified atom stereocenters. The lowest BCUT2D eigenvalue weighted by atomic mass is 10.3. The van der Waals surface area contributed by atoms with Crippen LogP contribution in [0.2, 0.25) is 0 Å². The molecule has 0 fully saturated rings. The molecule has 0 aliphatic rings. The normalized spacial score (nSPS) is 11.9. The molecular formula is C14H29O6PS2. The van der Waals surface area contributed by atoms with Crippen LogP contribution in [-0.2, 0) is 39.9 Å². The van der Waals surface area contributed by atoms with Gasteiger partial charge in [-0.15, -0.1) is 0 Å². The van der Waals surface area contributed by atoms with Crippen molar-refractivity contribution in [2.24, 2.45) is 0 Å². The molecular weight excluding hydrogens is 359 g/mol. The molecule has 138 valence electrons. The summed E-state index contributed by atoms with van der Waals surface area (Å²) >= 11 is 6.17. The second kappa shape index (κ2) is 15.4. The van der Waals surface area contributed by atoms with E-state index >= 15 is 0 Å². The molecule has 23 heavy (non-hydrogen) atoms. The van der Waals surface area contributed by atoms with Gasteiger partial charge in [-0.25, -0.2) is 0 Å². The first kappa shape index (κ1) is 25.1. The van der Waals surface area contributed by atoms with Crippen LogP contribution in [0.5, 0.6) is 0 Å². The van der Waals surface area contributed by atoms with Crippen LogP contribution in [0.3, 0.4) is 0 Å². The molecule has 0 amide bonds. The summed E-state index contributed by atoms with van der Waals surface area (Å²) in [6.45, 7) is 8.22. The average Bonchev–Trinajstić information content (AvgIpc) is 2.54. The average molecular weight is 388 g/mol. The predicted octanol–water partition coefficient (Wildman–Crippen LogP) is 3.93. The fourth-order valence-electron chi connectivity index (χ4n) is 1.09. The molecule has 0 rings (SSSR count). The molecule has 0 saturated carbocycles. The Bertz CT molecular complexity index is 368. The van der Waals surface area contributed by atoms with Crippen LogP contribution in [0, 0.1) is 0 Å². The Balaban J connectivity index is 0. The predicted molar refractivity (Wildman–Crippen MR) is 98.1 cm³/mol. The van der Waals surface area contributed by atoms with Gasteiger partial charge in [0.1, 0.15) is 5.25 Å². The highest BCUT2D eigenvalue weighted by Gasteiger charge is 2.32. The standard InChI is InChI=1S/C10H19O6PS2.C4H10/c1-5-15-9(11)7-8(10(12)16-6-2)19-17(18,13-3)14-4;1-3-4-2/h8H,5-7H2,1-4H3;3-4H2,1-2H3. The van der Waals surface area contributed by atoms with E-state index in [4.69, 9.17) is 30.3 Å². The smallest absolute Gasteiger partial charge is 0.320 e. The van der Waals surface area contributed by atoms with Gasteiger partial charge in [0.25, 0.3) is 0 Å². The lowest BCUT2D eigenvalue weighted by molar-refractivity contribution is -0.149. The SMILES string of the molecule is CCCC.CCOC(=O)CC(SP(=S)(OC)OC)C(=O)OCC. The van der Waals surface area contributed by atoms with Gasteiger partial charge in [0.15, 0.2) is 0 Å². The van der Waals surface area contributed by atoms with Crippen molar-refractivity contribution in [3.8, 4) is 0 Å². The molecule has 1 atom stereocenters. The molecule has 0 aliphatic heterocycles. The largest absolute Gasteiger partial charge is 0.466 e. The van der Waals surface area contributed by atoms with Gasteiger partial charge >= 0.3 is 11.9 Å². The topological polar surface area (TPSA) is 71.1 Å². The van der Waals surface area contributed by atoms with Crippen molar-refractivity contribution in [3.63, 3.8) is 0 Å². The fraction of sp³-hybridized carbons (Fsp3) is 0.857. The van der Waals surface area contributed by atoms with Crippen LogP contribution in [0.1, 0.15) is 47.0 Å². The van der Waals surface area contributed by atoms with Crippen LogP contribution >= 0.6 is 17.1 Å². The summed E-state index contributed by atoms with van der Waals surface area (Å²) in [6, 6.07) is 0.